The molecule has 0 aliphatic carbocycles. The van der Waals surface area contributed by atoms with Crippen LogP contribution in [-0.4, -0.2) is 21.7 Å². The molecule has 1 heterocycles. The maximum atomic E-state index is 5.77. The normalized spacial score (nSPS) is 13.7. The summed E-state index contributed by atoms with van der Waals surface area (Å²) in [5.74, 6) is 3.44. The van der Waals surface area contributed by atoms with Crippen LogP contribution in [0.3, 0.4) is 0 Å². The van der Waals surface area contributed by atoms with Crippen LogP contribution in [0.1, 0.15) is 51.7 Å². The number of aromatic nitrogens is 3. The Labute approximate surface area is 98.0 Å². The molecule has 0 saturated heterocycles. The minimum atomic E-state index is 0.381. The Morgan fingerprint density at radius 1 is 1.25 bits per heavy atom. The summed E-state index contributed by atoms with van der Waals surface area (Å²) in [7, 11) is 0. The van der Waals surface area contributed by atoms with E-state index in [0.717, 1.165) is 31.0 Å². The monoisotopic (exact) mass is 224 g/mol. The molecule has 1 aromatic heterocycles. The SMILES string of the molecule is CC(C)C[C@H](CN)Cc1nc(C(C)C)n[nH]1. The fourth-order valence-electron chi connectivity index (χ4n) is 1.86. The van der Waals surface area contributed by atoms with Crippen LogP contribution in [0.25, 0.3) is 0 Å². The Hall–Kier alpha value is -0.900. The molecule has 0 aliphatic rings. The molecule has 16 heavy (non-hydrogen) atoms. The predicted octanol–water partition coefficient (Wildman–Crippen LogP) is 2.09. The van der Waals surface area contributed by atoms with Crippen LogP contribution < -0.4 is 5.73 Å². The second-order valence-corrected chi connectivity index (χ2v) is 5.23. The van der Waals surface area contributed by atoms with Crippen LogP contribution in [0.5, 0.6) is 0 Å². The number of nitrogens with zero attached hydrogens (tertiary/aromatic N) is 2. The van der Waals surface area contributed by atoms with E-state index in [0.29, 0.717) is 17.8 Å². The lowest BCUT2D eigenvalue weighted by Crippen LogP contribution is -2.19. The van der Waals surface area contributed by atoms with Crippen molar-refractivity contribution in [2.24, 2.45) is 17.6 Å². The average molecular weight is 224 g/mol. The topological polar surface area (TPSA) is 67.6 Å². The third-order valence-electron chi connectivity index (χ3n) is 2.69. The summed E-state index contributed by atoms with van der Waals surface area (Å²) in [5.41, 5.74) is 5.77. The van der Waals surface area contributed by atoms with Crippen LogP contribution >= 0.6 is 0 Å². The van der Waals surface area contributed by atoms with E-state index < -0.39 is 0 Å². The van der Waals surface area contributed by atoms with Gasteiger partial charge in [0.2, 0.25) is 0 Å². The molecule has 0 aromatic carbocycles. The van der Waals surface area contributed by atoms with Gasteiger partial charge >= 0.3 is 0 Å². The van der Waals surface area contributed by atoms with E-state index in [2.05, 4.69) is 42.9 Å². The van der Waals surface area contributed by atoms with E-state index in [1.54, 1.807) is 0 Å². The Bertz CT molecular complexity index is 304. The number of hydrogen-bond donors (Lipinski definition) is 2. The first-order valence-electron chi connectivity index (χ1n) is 6.14. The first-order chi connectivity index (χ1) is 7.52. The van der Waals surface area contributed by atoms with Gasteiger partial charge in [-0.3, -0.25) is 5.10 Å². The van der Waals surface area contributed by atoms with Gasteiger partial charge in [0.25, 0.3) is 0 Å². The molecule has 0 unspecified atom stereocenters. The highest BCUT2D eigenvalue weighted by atomic mass is 15.2. The molecule has 0 saturated carbocycles. The number of hydrogen-bond acceptors (Lipinski definition) is 3. The summed E-state index contributed by atoms with van der Waals surface area (Å²) in [6.45, 7) is 9.37. The van der Waals surface area contributed by atoms with Gasteiger partial charge in [-0.05, 0) is 24.8 Å². The van der Waals surface area contributed by atoms with Crippen LogP contribution in [-0.2, 0) is 6.42 Å². The van der Waals surface area contributed by atoms with Gasteiger partial charge in [0, 0.05) is 12.3 Å². The largest absolute Gasteiger partial charge is 0.330 e. The fourth-order valence-corrected chi connectivity index (χ4v) is 1.86. The molecule has 0 spiro atoms. The van der Waals surface area contributed by atoms with E-state index in [1.807, 2.05) is 0 Å². The molecule has 1 atom stereocenters. The Kier molecular flexibility index (Phi) is 4.93. The van der Waals surface area contributed by atoms with Crippen molar-refractivity contribution in [1.29, 1.82) is 0 Å². The summed E-state index contributed by atoms with van der Waals surface area (Å²) in [5, 5.41) is 7.21. The fraction of sp³-hybridized carbons (Fsp3) is 0.833. The number of nitrogens with one attached hydrogen (secondary N) is 1. The number of nitrogens with two attached hydrogens (primary N) is 1. The Morgan fingerprint density at radius 3 is 2.38 bits per heavy atom. The molecular formula is C12H24N4. The minimum Gasteiger partial charge on any atom is -0.330 e. The lowest BCUT2D eigenvalue weighted by molar-refractivity contribution is 0.409. The minimum absolute atomic E-state index is 0.381. The first kappa shape index (κ1) is 13.2. The Morgan fingerprint density at radius 2 is 1.94 bits per heavy atom. The molecule has 0 radical (unpaired) electrons. The maximum absolute atomic E-state index is 5.77. The van der Waals surface area contributed by atoms with Crippen molar-refractivity contribution in [3.63, 3.8) is 0 Å². The summed E-state index contributed by atoms with van der Waals surface area (Å²) in [6, 6.07) is 0. The van der Waals surface area contributed by atoms with Crippen molar-refractivity contribution in [2.45, 2.75) is 46.5 Å². The van der Waals surface area contributed by atoms with Gasteiger partial charge < -0.3 is 5.73 Å². The zero-order valence-electron chi connectivity index (χ0n) is 10.8. The second kappa shape index (κ2) is 5.99. The molecule has 0 amide bonds. The molecule has 0 bridgehead atoms. The lowest BCUT2D eigenvalue weighted by Gasteiger charge is -2.15. The third-order valence-corrected chi connectivity index (χ3v) is 2.69. The molecule has 0 fully saturated rings. The van der Waals surface area contributed by atoms with Crippen LogP contribution in [0.2, 0.25) is 0 Å². The molecule has 4 nitrogen and oxygen atoms in total. The summed E-state index contributed by atoms with van der Waals surface area (Å²) in [6.07, 6.45) is 2.06. The zero-order chi connectivity index (χ0) is 12.1. The predicted molar refractivity (Wildman–Crippen MR) is 66.2 cm³/mol. The molecule has 1 rings (SSSR count). The van der Waals surface area contributed by atoms with Crippen molar-refractivity contribution < 1.29 is 0 Å². The van der Waals surface area contributed by atoms with Gasteiger partial charge in [0.15, 0.2) is 5.82 Å². The smallest absolute Gasteiger partial charge is 0.153 e. The quantitative estimate of drug-likeness (QED) is 0.777. The number of H-pyrrole nitrogens is 1. The standard InChI is InChI=1S/C12H24N4/c1-8(2)5-10(7-13)6-11-14-12(9(3)4)16-15-11/h8-10H,5-7,13H2,1-4H3,(H,14,15,16)/t10-/m0/s1. The van der Waals surface area contributed by atoms with Gasteiger partial charge in [0.1, 0.15) is 5.82 Å². The lowest BCUT2D eigenvalue weighted by atomic mass is 9.94. The van der Waals surface area contributed by atoms with Crippen molar-refractivity contribution in [1.82, 2.24) is 15.2 Å². The summed E-state index contributed by atoms with van der Waals surface area (Å²) < 4.78 is 0. The number of aromatic amines is 1. The van der Waals surface area contributed by atoms with Gasteiger partial charge in [0.05, 0.1) is 0 Å². The van der Waals surface area contributed by atoms with Gasteiger partial charge in [-0.1, -0.05) is 27.7 Å². The van der Waals surface area contributed by atoms with Gasteiger partial charge in [-0.25, -0.2) is 4.98 Å². The molecule has 0 aliphatic heterocycles. The first-order valence-corrected chi connectivity index (χ1v) is 6.14. The van der Waals surface area contributed by atoms with Gasteiger partial charge in [-0.2, -0.15) is 5.10 Å². The summed E-state index contributed by atoms with van der Waals surface area (Å²) >= 11 is 0. The maximum Gasteiger partial charge on any atom is 0.153 e. The van der Waals surface area contributed by atoms with E-state index in [9.17, 15) is 0 Å². The van der Waals surface area contributed by atoms with Crippen LogP contribution in [0.4, 0.5) is 0 Å². The van der Waals surface area contributed by atoms with E-state index in [-0.39, 0.29) is 0 Å². The molecule has 4 heteroatoms. The summed E-state index contributed by atoms with van der Waals surface area (Å²) in [4.78, 5) is 4.48. The highest BCUT2D eigenvalue weighted by molar-refractivity contribution is 4.96. The average Bonchev–Trinajstić information content (AvgIpc) is 2.64. The van der Waals surface area contributed by atoms with Gasteiger partial charge in [-0.15, -0.1) is 0 Å². The Balaban J connectivity index is 2.56. The molecule has 1 aromatic rings. The van der Waals surface area contributed by atoms with Crippen LogP contribution in [0.15, 0.2) is 0 Å². The van der Waals surface area contributed by atoms with Crippen LogP contribution in [0, 0.1) is 11.8 Å². The second-order valence-electron chi connectivity index (χ2n) is 5.23. The molecule has 92 valence electrons. The number of rotatable bonds is 6. The zero-order valence-corrected chi connectivity index (χ0v) is 10.8. The van der Waals surface area contributed by atoms with E-state index in [1.165, 1.54) is 0 Å². The molecular weight excluding hydrogens is 200 g/mol. The van der Waals surface area contributed by atoms with E-state index in [4.69, 9.17) is 5.73 Å². The van der Waals surface area contributed by atoms with Crippen molar-refractivity contribution >= 4 is 0 Å². The van der Waals surface area contributed by atoms with Crippen molar-refractivity contribution in [3.8, 4) is 0 Å². The van der Waals surface area contributed by atoms with E-state index >= 15 is 0 Å². The highest BCUT2D eigenvalue weighted by Gasteiger charge is 2.13. The molecule has 3 N–H and O–H groups in total. The van der Waals surface area contributed by atoms with Crippen molar-refractivity contribution in [3.05, 3.63) is 11.6 Å². The van der Waals surface area contributed by atoms with Crippen molar-refractivity contribution in [2.75, 3.05) is 6.54 Å². The third kappa shape index (κ3) is 3.93. The highest BCUT2D eigenvalue weighted by Crippen LogP contribution is 2.15.